The summed E-state index contributed by atoms with van der Waals surface area (Å²) in [5.41, 5.74) is 2.86. The molecule has 0 aromatic heterocycles. The van der Waals surface area contributed by atoms with E-state index in [1.807, 2.05) is 0 Å². The van der Waals surface area contributed by atoms with E-state index in [0.717, 1.165) is 16.7 Å². The second kappa shape index (κ2) is 7.65. The van der Waals surface area contributed by atoms with Gasteiger partial charge in [0.05, 0.1) is 0 Å². The molecule has 1 aromatic rings. The van der Waals surface area contributed by atoms with Gasteiger partial charge in [0.1, 0.15) is 0 Å². The molecule has 3 atom stereocenters. The SMILES string of the molecule is CCC(C)c1ccc(NC(=S)NC2CC(C)CC(C)(C)C2)cc1. The maximum Gasteiger partial charge on any atom is 0.170 e. The van der Waals surface area contributed by atoms with Crippen molar-refractivity contribution in [3.05, 3.63) is 29.8 Å². The van der Waals surface area contributed by atoms with Crippen molar-refractivity contribution in [2.75, 3.05) is 5.32 Å². The van der Waals surface area contributed by atoms with E-state index in [1.54, 1.807) is 0 Å². The van der Waals surface area contributed by atoms with Crippen molar-refractivity contribution in [1.29, 1.82) is 0 Å². The molecule has 1 saturated carbocycles. The number of anilines is 1. The average molecular weight is 333 g/mol. The molecule has 3 unspecified atom stereocenters. The number of benzene rings is 1. The van der Waals surface area contributed by atoms with Crippen LogP contribution in [-0.2, 0) is 0 Å². The lowest BCUT2D eigenvalue weighted by atomic mass is 9.71. The Balaban J connectivity index is 1.89. The van der Waals surface area contributed by atoms with Gasteiger partial charge in [0.15, 0.2) is 5.11 Å². The van der Waals surface area contributed by atoms with Crippen molar-refractivity contribution in [1.82, 2.24) is 5.32 Å². The van der Waals surface area contributed by atoms with Gasteiger partial charge in [-0.1, -0.05) is 46.8 Å². The van der Waals surface area contributed by atoms with Crippen LogP contribution in [0.3, 0.4) is 0 Å². The Bertz CT molecular complexity index is 521. The molecule has 0 radical (unpaired) electrons. The molecule has 128 valence electrons. The zero-order chi connectivity index (χ0) is 17.0. The van der Waals surface area contributed by atoms with Gasteiger partial charge in [-0.2, -0.15) is 0 Å². The molecule has 0 saturated heterocycles. The standard InChI is InChI=1S/C20H32N2S/c1-6-15(3)16-7-9-17(10-8-16)21-19(23)22-18-11-14(2)12-20(4,5)13-18/h7-10,14-15,18H,6,11-13H2,1-5H3,(H2,21,22,23). The first kappa shape index (κ1) is 18.3. The molecule has 2 rings (SSSR count). The molecule has 0 bridgehead atoms. The highest BCUT2D eigenvalue weighted by Gasteiger charge is 2.32. The van der Waals surface area contributed by atoms with Gasteiger partial charge in [-0.05, 0) is 72.8 Å². The Morgan fingerprint density at radius 3 is 2.48 bits per heavy atom. The summed E-state index contributed by atoms with van der Waals surface area (Å²) >= 11 is 5.52. The highest BCUT2D eigenvalue weighted by molar-refractivity contribution is 7.80. The molecule has 3 heteroatoms. The van der Waals surface area contributed by atoms with Crippen LogP contribution in [0, 0.1) is 11.3 Å². The molecular formula is C20H32N2S. The van der Waals surface area contributed by atoms with Crippen molar-refractivity contribution in [3.8, 4) is 0 Å². The van der Waals surface area contributed by atoms with Crippen molar-refractivity contribution >= 4 is 23.0 Å². The fourth-order valence-corrected chi connectivity index (χ4v) is 4.22. The summed E-state index contributed by atoms with van der Waals surface area (Å²) in [6.07, 6.45) is 4.87. The minimum absolute atomic E-state index is 0.406. The van der Waals surface area contributed by atoms with Gasteiger partial charge in [0, 0.05) is 11.7 Å². The molecule has 0 amide bonds. The molecule has 0 heterocycles. The fraction of sp³-hybridized carbons (Fsp3) is 0.650. The van der Waals surface area contributed by atoms with Crippen LogP contribution in [0.2, 0.25) is 0 Å². The summed E-state index contributed by atoms with van der Waals surface area (Å²) in [6, 6.07) is 9.13. The van der Waals surface area contributed by atoms with Crippen LogP contribution in [0.1, 0.15) is 71.8 Å². The van der Waals surface area contributed by atoms with E-state index in [1.165, 1.54) is 31.2 Å². The lowest BCUT2D eigenvalue weighted by Gasteiger charge is -2.39. The van der Waals surface area contributed by atoms with Gasteiger partial charge in [0.2, 0.25) is 0 Å². The maximum absolute atomic E-state index is 5.52. The van der Waals surface area contributed by atoms with Crippen molar-refractivity contribution in [3.63, 3.8) is 0 Å². The van der Waals surface area contributed by atoms with Crippen molar-refractivity contribution in [2.24, 2.45) is 11.3 Å². The largest absolute Gasteiger partial charge is 0.360 e. The molecule has 1 fully saturated rings. The van der Waals surface area contributed by atoms with E-state index in [9.17, 15) is 0 Å². The van der Waals surface area contributed by atoms with Crippen LogP contribution in [0.4, 0.5) is 5.69 Å². The molecule has 23 heavy (non-hydrogen) atoms. The van der Waals surface area contributed by atoms with Gasteiger partial charge >= 0.3 is 0 Å². The van der Waals surface area contributed by atoms with E-state index in [4.69, 9.17) is 12.2 Å². The number of thiocarbonyl (C=S) groups is 1. The van der Waals surface area contributed by atoms with Crippen LogP contribution in [-0.4, -0.2) is 11.2 Å². The molecule has 2 nitrogen and oxygen atoms in total. The molecule has 1 aliphatic carbocycles. The summed E-state index contributed by atoms with van der Waals surface area (Å²) in [6.45, 7) is 11.6. The smallest absolute Gasteiger partial charge is 0.170 e. The molecule has 1 aromatic carbocycles. The van der Waals surface area contributed by atoms with Crippen LogP contribution >= 0.6 is 12.2 Å². The maximum atomic E-state index is 5.52. The predicted octanol–water partition coefficient (Wildman–Crippen LogP) is 5.70. The third-order valence-electron chi connectivity index (χ3n) is 5.07. The Kier molecular flexibility index (Phi) is 6.07. The zero-order valence-corrected chi connectivity index (χ0v) is 16.1. The molecule has 1 aliphatic rings. The average Bonchev–Trinajstić information content (AvgIpc) is 2.44. The van der Waals surface area contributed by atoms with Crippen LogP contribution in [0.5, 0.6) is 0 Å². The second-order valence-electron chi connectivity index (χ2n) is 8.14. The third kappa shape index (κ3) is 5.49. The molecule has 0 aliphatic heterocycles. The monoisotopic (exact) mass is 332 g/mol. The Hall–Kier alpha value is -1.09. The van der Waals surface area contributed by atoms with E-state index in [0.29, 0.717) is 17.4 Å². The van der Waals surface area contributed by atoms with Crippen molar-refractivity contribution < 1.29 is 0 Å². The summed E-state index contributed by atoms with van der Waals surface area (Å²) in [5.74, 6) is 1.37. The summed E-state index contributed by atoms with van der Waals surface area (Å²) in [4.78, 5) is 0. The third-order valence-corrected chi connectivity index (χ3v) is 5.29. The number of rotatable bonds is 4. The first-order chi connectivity index (χ1) is 10.8. The Morgan fingerprint density at radius 1 is 1.26 bits per heavy atom. The quantitative estimate of drug-likeness (QED) is 0.691. The van der Waals surface area contributed by atoms with Crippen LogP contribution < -0.4 is 10.6 Å². The lowest BCUT2D eigenvalue weighted by molar-refractivity contribution is 0.162. The number of hydrogen-bond acceptors (Lipinski definition) is 1. The number of hydrogen-bond donors (Lipinski definition) is 2. The second-order valence-corrected chi connectivity index (χ2v) is 8.55. The van der Waals surface area contributed by atoms with Crippen LogP contribution in [0.15, 0.2) is 24.3 Å². The van der Waals surface area contributed by atoms with Crippen LogP contribution in [0.25, 0.3) is 0 Å². The fourth-order valence-electron chi connectivity index (χ4n) is 3.94. The predicted molar refractivity (Wildman–Crippen MR) is 105 cm³/mol. The van der Waals surface area contributed by atoms with Gasteiger partial charge in [-0.25, -0.2) is 0 Å². The van der Waals surface area contributed by atoms with Gasteiger partial charge in [-0.3, -0.25) is 0 Å². The highest BCUT2D eigenvalue weighted by Crippen LogP contribution is 2.38. The van der Waals surface area contributed by atoms with Gasteiger partial charge < -0.3 is 10.6 Å². The van der Waals surface area contributed by atoms with E-state index in [-0.39, 0.29) is 0 Å². The summed E-state index contributed by atoms with van der Waals surface area (Å²) < 4.78 is 0. The first-order valence-corrected chi connectivity index (χ1v) is 9.37. The van der Waals surface area contributed by atoms with Crippen molar-refractivity contribution in [2.45, 2.75) is 72.3 Å². The van der Waals surface area contributed by atoms with Gasteiger partial charge in [0.25, 0.3) is 0 Å². The molecule has 2 N–H and O–H groups in total. The van der Waals surface area contributed by atoms with E-state index < -0.39 is 0 Å². The van der Waals surface area contributed by atoms with Gasteiger partial charge in [-0.15, -0.1) is 0 Å². The normalized spacial score (nSPS) is 24.7. The number of nitrogens with one attached hydrogen (secondary N) is 2. The topological polar surface area (TPSA) is 24.1 Å². The first-order valence-electron chi connectivity index (χ1n) is 8.96. The molecular weight excluding hydrogens is 300 g/mol. The molecule has 0 spiro atoms. The lowest BCUT2D eigenvalue weighted by Crippen LogP contribution is -2.44. The zero-order valence-electron chi connectivity index (χ0n) is 15.3. The highest BCUT2D eigenvalue weighted by atomic mass is 32.1. The Morgan fingerprint density at radius 2 is 1.91 bits per heavy atom. The minimum Gasteiger partial charge on any atom is -0.360 e. The van der Waals surface area contributed by atoms with E-state index in [2.05, 4.69) is 69.5 Å². The summed E-state index contributed by atoms with van der Waals surface area (Å²) in [5, 5.41) is 7.60. The minimum atomic E-state index is 0.406. The van der Waals surface area contributed by atoms with E-state index >= 15 is 0 Å². The summed E-state index contributed by atoms with van der Waals surface area (Å²) in [7, 11) is 0. The Labute approximate surface area is 147 Å².